The number of nitrogens with one attached hydrogen (secondary N) is 2. The molecule has 0 saturated carbocycles. The predicted molar refractivity (Wildman–Crippen MR) is 115 cm³/mol. The molecule has 3 heterocycles. The van der Waals surface area contributed by atoms with Crippen molar-refractivity contribution in [3.63, 3.8) is 0 Å². The fourth-order valence-electron chi connectivity index (χ4n) is 3.53. The Bertz CT molecular complexity index is 980. The molecular formula is C22H24N6O2. The number of amides is 1. The van der Waals surface area contributed by atoms with Crippen LogP contribution in [0.2, 0.25) is 0 Å². The summed E-state index contributed by atoms with van der Waals surface area (Å²) in [5.74, 6) is 1.40. The molecule has 0 radical (unpaired) electrons. The second-order valence-electron chi connectivity index (χ2n) is 7.17. The number of hydrogen-bond acceptors (Lipinski definition) is 7. The molecule has 0 spiro atoms. The standard InChI is InChI=1S/C22H24N6O2/c29-14-19-2-1-11-28(19)21-12-20(25-15-26-21)24-13-16-3-5-18(6-4-16)27-22(30)17-7-9-23-10-8-17/h3-10,12,15,19,29H,1-2,11,13-14H2,(H,27,30)(H,24,25,26). The summed E-state index contributed by atoms with van der Waals surface area (Å²) in [5, 5.41) is 15.7. The van der Waals surface area contributed by atoms with Crippen molar-refractivity contribution in [2.75, 3.05) is 28.7 Å². The molecule has 8 nitrogen and oxygen atoms in total. The molecule has 8 heteroatoms. The highest BCUT2D eigenvalue weighted by Crippen LogP contribution is 2.24. The number of hydrogen-bond donors (Lipinski definition) is 3. The van der Waals surface area contributed by atoms with Gasteiger partial charge in [0.2, 0.25) is 0 Å². The van der Waals surface area contributed by atoms with Gasteiger partial charge >= 0.3 is 0 Å². The van der Waals surface area contributed by atoms with Gasteiger partial charge in [-0.15, -0.1) is 0 Å². The van der Waals surface area contributed by atoms with Crippen LogP contribution in [0, 0.1) is 0 Å². The van der Waals surface area contributed by atoms with E-state index in [0.717, 1.165) is 42.3 Å². The fourth-order valence-corrected chi connectivity index (χ4v) is 3.53. The molecule has 3 aromatic rings. The molecular weight excluding hydrogens is 380 g/mol. The van der Waals surface area contributed by atoms with Crippen molar-refractivity contribution in [1.29, 1.82) is 0 Å². The number of carbonyl (C=O) groups excluding carboxylic acids is 1. The normalized spacial score (nSPS) is 15.8. The zero-order valence-corrected chi connectivity index (χ0v) is 16.5. The number of anilines is 3. The molecule has 1 saturated heterocycles. The smallest absolute Gasteiger partial charge is 0.255 e. The van der Waals surface area contributed by atoms with E-state index in [1.807, 2.05) is 30.3 Å². The lowest BCUT2D eigenvalue weighted by atomic mass is 10.2. The Kier molecular flexibility index (Phi) is 6.14. The molecule has 0 aliphatic carbocycles. The maximum absolute atomic E-state index is 12.2. The summed E-state index contributed by atoms with van der Waals surface area (Å²) in [5.41, 5.74) is 2.36. The van der Waals surface area contributed by atoms with Crippen LogP contribution in [0.5, 0.6) is 0 Å². The van der Waals surface area contributed by atoms with Gasteiger partial charge in [0.05, 0.1) is 12.6 Å². The molecule has 1 aliphatic rings. The van der Waals surface area contributed by atoms with Gasteiger partial charge in [-0.1, -0.05) is 12.1 Å². The molecule has 1 fully saturated rings. The minimum atomic E-state index is -0.167. The van der Waals surface area contributed by atoms with E-state index in [9.17, 15) is 9.90 Å². The SMILES string of the molecule is O=C(Nc1ccc(CNc2cc(N3CCCC3CO)ncn2)cc1)c1ccncc1. The third kappa shape index (κ3) is 4.72. The third-order valence-corrected chi connectivity index (χ3v) is 5.16. The largest absolute Gasteiger partial charge is 0.394 e. The Labute approximate surface area is 175 Å². The van der Waals surface area contributed by atoms with E-state index in [0.29, 0.717) is 12.1 Å². The topological polar surface area (TPSA) is 103 Å². The highest BCUT2D eigenvalue weighted by Gasteiger charge is 2.25. The maximum atomic E-state index is 12.2. The molecule has 154 valence electrons. The van der Waals surface area contributed by atoms with E-state index < -0.39 is 0 Å². The van der Waals surface area contributed by atoms with Crippen molar-refractivity contribution in [3.8, 4) is 0 Å². The van der Waals surface area contributed by atoms with Gasteiger partial charge in [0.15, 0.2) is 0 Å². The van der Waals surface area contributed by atoms with E-state index in [-0.39, 0.29) is 18.6 Å². The van der Waals surface area contributed by atoms with Crippen LogP contribution in [0.15, 0.2) is 61.2 Å². The second-order valence-corrected chi connectivity index (χ2v) is 7.17. The Morgan fingerprint density at radius 2 is 1.93 bits per heavy atom. The predicted octanol–water partition coefficient (Wildman–Crippen LogP) is 2.70. The summed E-state index contributed by atoms with van der Waals surface area (Å²) >= 11 is 0. The van der Waals surface area contributed by atoms with Gasteiger partial charge < -0.3 is 20.6 Å². The zero-order chi connectivity index (χ0) is 20.8. The number of rotatable bonds is 7. The molecule has 30 heavy (non-hydrogen) atoms. The minimum absolute atomic E-state index is 0.127. The number of benzene rings is 1. The van der Waals surface area contributed by atoms with Crippen LogP contribution in [-0.4, -0.2) is 45.2 Å². The Morgan fingerprint density at radius 3 is 2.70 bits per heavy atom. The molecule has 1 amide bonds. The van der Waals surface area contributed by atoms with Gasteiger partial charge in [-0.2, -0.15) is 0 Å². The first-order valence-electron chi connectivity index (χ1n) is 9.96. The zero-order valence-electron chi connectivity index (χ0n) is 16.5. The average molecular weight is 404 g/mol. The lowest BCUT2D eigenvalue weighted by molar-refractivity contribution is 0.102. The third-order valence-electron chi connectivity index (χ3n) is 5.16. The van der Waals surface area contributed by atoms with Crippen molar-refractivity contribution in [2.45, 2.75) is 25.4 Å². The van der Waals surface area contributed by atoms with E-state index in [2.05, 4.69) is 30.5 Å². The Balaban J connectivity index is 1.34. The summed E-state index contributed by atoms with van der Waals surface area (Å²) in [6.45, 7) is 1.63. The van der Waals surface area contributed by atoms with Crippen LogP contribution in [0.3, 0.4) is 0 Å². The first-order chi connectivity index (χ1) is 14.7. The highest BCUT2D eigenvalue weighted by molar-refractivity contribution is 6.04. The van der Waals surface area contributed by atoms with Crippen LogP contribution in [0.25, 0.3) is 0 Å². The van der Waals surface area contributed by atoms with Crippen LogP contribution in [0.4, 0.5) is 17.3 Å². The number of aromatic nitrogens is 3. The molecule has 0 bridgehead atoms. The molecule has 1 aromatic carbocycles. The van der Waals surface area contributed by atoms with Crippen LogP contribution in [0.1, 0.15) is 28.8 Å². The maximum Gasteiger partial charge on any atom is 0.255 e. The fraction of sp³-hybridized carbons (Fsp3) is 0.273. The van der Waals surface area contributed by atoms with Crippen molar-refractivity contribution in [1.82, 2.24) is 15.0 Å². The summed E-state index contributed by atoms with van der Waals surface area (Å²) in [6, 6.07) is 13.1. The highest BCUT2D eigenvalue weighted by atomic mass is 16.3. The molecule has 3 N–H and O–H groups in total. The number of carbonyl (C=O) groups is 1. The lowest BCUT2D eigenvalue weighted by Crippen LogP contribution is -2.32. The molecule has 2 aromatic heterocycles. The second kappa shape index (κ2) is 9.32. The van der Waals surface area contributed by atoms with Crippen LogP contribution < -0.4 is 15.5 Å². The number of pyridine rings is 1. The van der Waals surface area contributed by atoms with Crippen molar-refractivity contribution < 1.29 is 9.90 Å². The van der Waals surface area contributed by atoms with Gasteiger partial charge in [-0.3, -0.25) is 9.78 Å². The molecule has 1 unspecified atom stereocenters. The molecule has 1 aliphatic heterocycles. The lowest BCUT2D eigenvalue weighted by Gasteiger charge is -2.24. The van der Waals surface area contributed by atoms with Gasteiger partial charge in [0.1, 0.15) is 18.0 Å². The summed E-state index contributed by atoms with van der Waals surface area (Å²) in [6.07, 6.45) is 6.77. The first-order valence-corrected chi connectivity index (χ1v) is 9.96. The van der Waals surface area contributed by atoms with Crippen LogP contribution >= 0.6 is 0 Å². The van der Waals surface area contributed by atoms with E-state index in [4.69, 9.17) is 0 Å². The van der Waals surface area contributed by atoms with Gasteiger partial charge in [0.25, 0.3) is 5.91 Å². The van der Waals surface area contributed by atoms with Gasteiger partial charge in [0, 0.05) is 42.8 Å². The Hall–Kier alpha value is -3.52. The monoisotopic (exact) mass is 404 g/mol. The van der Waals surface area contributed by atoms with E-state index in [1.54, 1.807) is 30.9 Å². The van der Waals surface area contributed by atoms with Crippen molar-refractivity contribution >= 4 is 23.2 Å². The summed E-state index contributed by atoms with van der Waals surface area (Å²) < 4.78 is 0. The number of aliphatic hydroxyl groups is 1. The van der Waals surface area contributed by atoms with Crippen molar-refractivity contribution in [3.05, 3.63) is 72.3 Å². The molecule has 1 atom stereocenters. The van der Waals surface area contributed by atoms with Crippen LogP contribution in [-0.2, 0) is 6.54 Å². The van der Waals surface area contributed by atoms with Crippen molar-refractivity contribution in [2.24, 2.45) is 0 Å². The van der Waals surface area contributed by atoms with E-state index >= 15 is 0 Å². The minimum Gasteiger partial charge on any atom is -0.394 e. The quantitative estimate of drug-likeness (QED) is 0.556. The summed E-state index contributed by atoms with van der Waals surface area (Å²) in [7, 11) is 0. The van der Waals surface area contributed by atoms with E-state index in [1.165, 1.54) is 0 Å². The number of nitrogens with zero attached hydrogens (tertiary/aromatic N) is 4. The summed E-state index contributed by atoms with van der Waals surface area (Å²) in [4.78, 5) is 26.9. The van der Waals surface area contributed by atoms with Gasteiger partial charge in [-0.05, 0) is 42.7 Å². The first kappa shape index (κ1) is 19.8. The number of aliphatic hydroxyl groups excluding tert-OH is 1. The average Bonchev–Trinajstić information content (AvgIpc) is 3.28. The molecule has 4 rings (SSSR count). The Morgan fingerprint density at radius 1 is 1.13 bits per heavy atom. The van der Waals surface area contributed by atoms with Gasteiger partial charge in [-0.25, -0.2) is 9.97 Å².